The average molecular weight is 283 g/mol. The van der Waals surface area contributed by atoms with E-state index in [2.05, 4.69) is 15.3 Å². The summed E-state index contributed by atoms with van der Waals surface area (Å²) in [5.74, 6) is 0.793. The van der Waals surface area contributed by atoms with E-state index < -0.39 is 14.6 Å². The van der Waals surface area contributed by atoms with Crippen LogP contribution in [0.2, 0.25) is 0 Å². The Kier molecular flexibility index (Phi) is 3.80. The van der Waals surface area contributed by atoms with Crippen LogP contribution in [0.1, 0.15) is 37.9 Å². The number of hydrogen-bond donors (Lipinski definition) is 1. The van der Waals surface area contributed by atoms with Crippen LogP contribution in [0, 0.1) is 0 Å². The maximum absolute atomic E-state index is 11.7. The molecule has 0 saturated carbocycles. The van der Waals surface area contributed by atoms with Crippen LogP contribution < -0.4 is 5.32 Å². The number of sulfone groups is 1. The number of nitrogens with zero attached hydrogens (tertiary/aromatic N) is 2. The van der Waals surface area contributed by atoms with Crippen molar-refractivity contribution in [1.82, 2.24) is 9.97 Å². The lowest BCUT2D eigenvalue weighted by Crippen LogP contribution is -2.38. The lowest BCUT2D eigenvalue weighted by atomic mass is 9.96. The molecule has 6 heteroatoms. The third-order valence-electron chi connectivity index (χ3n) is 3.81. The van der Waals surface area contributed by atoms with Crippen molar-refractivity contribution in [3.8, 4) is 0 Å². The van der Waals surface area contributed by atoms with Crippen LogP contribution in [0.15, 0.2) is 6.33 Å². The second-order valence-corrected chi connectivity index (χ2v) is 8.39. The van der Waals surface area contributed by atoms with E-state index >= 15 is 0 Å². The molecule has 5 nitrogen and oxygen atoms in total. The number of rotatable bonds is 4. The number of anilines is 1. The topological polar surface area (TPSA) is 72.0 Å². The third-order valence-corrected chi connectivity index (χ3v) is 5.96. The average Bonchev–Trinajstić information content (AvgIpc) is 2.35. The highest BCUT2D eigenvalue weighted by Crippen LogP contribution is 2.25. The van der Waals surface area contributed by atoms with Gasteiger partial charge < -0.3 is 5.32 Å². The SMILES string of the molecule is CC(C)(CNc1ncnc2c1CCCC2)S(C)(=O)=O. The van der Waals surface area contributed by atoms with Crippen molar-refractivity contribution in [2.24, 2.45) is 0 Å². The standard InChI is InChI=1S/C13H21N3O2S/c1-13(2,19(3,17)18)8-14-12-10-6-4-5-7-11(10)15-9-16-12/h9H,4-8H2,1-3H3,(H,14,15,16). The summed E-state index contributed by atoms with van der Waals surface area (Å²) in [4.78, 5) is 8.56. The van der Waals surface area contributed by atoms with Gasteiger partial charge in [-0.2, -0.15) is 0 Å². The van der Waals surface area contributed by atoms with E-state index in [1.54, 1.807) is 20.2 Å². The molecule has 0 saturated heterocycles. The lowest BCUT2D eigenvalue weighted by Gasteiger charge is -2.25. The molecular formula is C13H21N3O2S. The number of fused-ring (bicyclic) bond motifs is 1. The number of nitrogens with one attached hydrogen (secondary N) is 1. The second-order valence-electron chi connectivity index (χ2n) is 5.74. The highest BCUT2D eigenvalue weighted by atomic mass is 32.2. The monoisotopic (exact) mass is 283 g/mol. The quantitative estimate of drug-likeness (QED) is 0.908. The molecule has 0 unspecified atom stereocenters. The van der Waals surface area contributed by atoms with Crippen LogP contribution in [-0.2, 0) is 22.7 Å². The normalized spacial score (nSPS) is 15.9. The van der Waals surface area contributed by atoms with Crippen LogP contribution >= 0.6 is 0 Å². The molecule has 0 bridgehead atoms. The first-order valence-corrected chi connectivity index (χ1v) is 8.46. The summed E-state index contributed by atoms with van der Waals surface area (Å²) in [6, 6.07) is 0. The Balaban J connectivity index is 2.17. The molecule has 1 aromatic heterocycles. The van der Waals surface area contributed by atoms with Gasteiger partial charge in [0, 0.05) is 24.1 Å². The van der Waals surface area contributed by atoms with Gasteiger partial charge in [-0.3, -0.25) is 0 Å². The van der Waals surface area contributed by atoms with Gasteiger partial charge in [-0.1, -0.05) is 0 Å². The lowest BCUT2D eigenvalue weighted by molar-refractivity contribution is 0.559. The molecule has 2 rings (SSSR count). The number of aromatic nitrogens is 2. The molecule has 0 atom stereocenters. The molecule has 0 aliphatic heterocycles. The first-order chi connectivity index (χ1) is 8.81. The predicted octanol–water partition coefficient (Wildman–Crippen LogP) is 1.59. The Labute approximate surface area is 114 Å². The molecule has 0 amide bonds. The van der Waals surface area contributed by atoms with Crippen LogP contribution in [0.5, 0.6) is 0 Å². The minimum atomic E-state index is -3.10. The van der Waals surface area contributed by atoms with Gasteiger partial charge >= 0.3 is 0 Å². The van der Waals surface area contributed by atoms with Crippen LogP contribution in [0.25, 0.3) is 0 Å². The molecule has 1 heterocycles. The van der Waals surface area contributed by atoms with Crippen molar-refractivity contribution in [2.45, 2.75) is 44.3 Å². The van der Waals surface area contributed by atoms with E-state index in [9.17, 15) is 8.42 Å². The smallest absolute Gasteiger partial charge is 0.154 e. The Morgan fingerprint density at radius 2 is 1.95 bits per heavy atom. The molecule has 106 valence electrons. The van der Waals surface area contributed by atoms with Crippen molar-refractivity contribution < 1.29 is 8.42 Å². The maximum Gasteiger partial charge on any atom is 0.154 e. The fourth-order valence-corrected chi connectivity index (χ4v) is 2.44. The van der Waals surface area contributed by atoms with E-state index in [1.807, 2.05) is 0 Å². The van der Waals surface area contributed by atoms with E-state index in [1.165, 1.54) is 6.26 Å². The molecule has 0 aromatic carbocycles. The first-order valence-electron chi connectivity index (χ1n) is 6.57. The zero-order chi connectivity index (χ0) is 14.1. The summed E-state index contributed by atoms with van der Waals surface area (Å²) < 4.78 is 22.6. The number of aryl methyl sites for hydroxylation is 1. The van der Waals surface area contributed by atoms with E-state index in [4.69, 9.17) is 0 Å². The molecule has 1 aromatic rings. The molecular weight excluding hydrogens is 262 g/mol. The van der Waals surface area contributed by atoms with Crippen molar-refractivity contribution in [3.05, 3.63) is 17.6 Å². The Morgan fingerprint density at radius 3 is 2.63 bits per heavy atom. The van der Waals surface area contributed by atoms with Gasteiger partial charge in [0.25, 0.3) is 0 Å². The summed E-state index contributed by atoms with van der Waals surface area (Å²) in [5, 5.41) is 3.19. The summed E-state index contributed by atoms with van der Waals surface area (Å²) in [6.07, 6.45) is 7.09. The van der Waals surface area contributed by atoms with Crippen LogP contribution in [0.4, 0.5) is 5.82 Å². The predicted molar refractivity (Wildman–Crippen MR) is 76.1 cm³/mol. The van der Waals surface area contributed by atoms with Gasteiger partial charge in [0.1, 0.15) is 12.1 Å². The Morgan fingerprint density at radius 1 is 1.26 bits per heavy atom. The molecule has 1 aliphatic carbocycles. The van der Waals surface area contributed by atoms with Crippen molar-refractivity contribution in [2.75, 3.05) is 18.1 Å². The zero-order valence-corrected chi connectivity index (χ0v) is 12.5. The largest absolute Gasteiger partial charge is 0.368 e. The second kappa shape index (κ2) is 5.07. The van der Waals surface area contributed by atoms with E-state index in [0.29, 0.717) is 6.54 Å². The van der Waals surface area contributed by atoms with E-state index in [-0.39, 0.29) is 0 Å². The third kappa shape index (κ3) is 3.05. The molecule has 0 spiro atoms. The van der Waals surface area contributed by atoms with Gasteiger partial charge in [0.2, 0.25) is 0 Å². The molecule has 0 radical (unpaired) electrons. The van der Waals surface area contributed by atoms with Gasteiger partial charge in [-0.15, -0.1) is 0 Å². The molecule has 1 N–H and O–H groups in total. The summed E-state index contributed by atoms with van der Waals surface area (Å²) in [5.41, 5.74) is 2.25. The van der Waals surface area contributed by atoms with Gasteiger partial charge in [-0.05, 0) is 39.5 Å². The fraction of sp³-hybridized carbons (Fsp3) is 0.692. The summed E-state index contributed by atoms with van der Waals surface area (Å²) in [6.45, 7) is 3.81. The molecule has 19 heavy (non-hydrogen) atoms. The highest BCUT2D eigenvalue weighted by molar-refractivity contribution is 7.92. The first kappa shape index (κ1) is 14.2. The van der Waals surface area contributed by atoms with Crippen molar-refractivity contribution in [3.63, 3.8) is 0 Å². The highest BCUT2D eigenvalue weighted by Gasteiger charge is 2.30. The Hall–Kier alpha value is -1.17. The van der Waals surface area contributed by atoms with Crippen molar-refractivity contribution in [1.29, 1.82) is 0 Å². The Bertz CT molecular complexity index is 567. The minimum absolute atomic E-state index is 0.356. The van der Waals surface area contributed by atoms with Gasteiger partial charge in [-0.25, -0.2) is 18.4 Å². The van der Waals surface area contributed by atoms with Crippen LogP contribution in [0.3, 0.4) is 0 Å². The number of hydrogen-bond acceptors (Lipinski definition) is 5. The zero-order valence-electron chi connectivity index (χ0n) is 11.7. The van der Waals surface area contributed by atoms with Crippen molar-refractivity contribution >= 4 is 15.7 Å². The van der Waals surface area contributed by atoms with E-state index in [0.717, 1.165) is 42.8 Å². The maximum atomic E-state index is 11.7. The summed E-state index contributed by atoms with van der Waals surface area (Å²) >= 11 is 0. The van der Waals surface area contributed by atoms with Crippen LogP contribution in [-0.4, -0.2) is 35.9 Å². The molecule has 1 aliphatic rings. The fourth-order valence-electron chi connectivity index (χ4n) is 2.10. The minimum Gasteiger partial charge on any atom is -0.368 e. The molecule has 0 fully saturated rings. The summed E-state index contributed by atoms with van der Waals surface area (Å²) in [7, 11) is -3.10. The van der Waals surface area contributed by atoms with Gasteiger partial charge in [0.15, 0.2) is 9.84 Å². The van der Waals surface area contributed by atoms with Gasteiger partial charge in [0.05, 0.1) is 4.75 Å².